The fraction of sp³-hybridized carbons (Fsp3) is 0.118. The maximum absolute atomic E-state index is 12.3. The number of imidazole rings is 1. The molecule has 1 amide bonds. The summed E-state index contributed by atoms with van der Waals surface area (Å²) in [5.41, 5.74) is 1.88. The minimum absolute atomic E-state index is 0.194. The molecule has 0 aromatic carbocycles. The number of nitrogens with zero attached hydrogens (tertiary/aromatic N) is 4. The van der Waals surface area contributed by atoms with Crippen LogP contribution in [0.4, 0.5) is 5.82 Å². The van der Waals surface area contributed by atoms with E-state index in [0.717, 1.165) is 6.42 Å². The highest BCUT2D eigenvalue weighted by molar-refractivity contribution is 6.03. The Morgan fingerprint density at radius 2 is 1.96 bits per heavy atom. The largest absolute Gasteiger partial charge is 0.325 e. The first kappa shape index (κ1) is 15.8. The Bertz CT molecular complexity index is 1110. The topological polar surface area (TPSA) is 121 Å². The SMILES string of the molecule is O=C(Nc1ccn(CCc2ccncc2)n1)c1ccc2[nH]c(=O)[nH]c2n1. The average molecular weight is 349 g/mol. The van der Waals surface area contributed by atoms with Gasteiger partial charge in [-0.1, -0.05) is 0 Å². The zero-order valence-corrected chi connectivity index (χ0v) is 13.6. The summed E-state index contributed by atoms with van der Waals surface area (Å²) in [6, 6.07) is 8.81. The van der Waals surface area contributed by atoms with Gasteiger partial charge in [0.25, 0.3) is 5.91 Å². The summed E-state index contributed by atoms with van der Waals surface area (Å²) < 4.78 is 1.76. The van der Waals surface area contributed by atoms with Crippen LogP contribution >= 0.6 is 0 Å². The summed E-state index contributed by atoms with van der Waals surface area (Å²) in [6.45, 7) is 0.689. The van der Waals surface area contributed by atoms with Crippen molar-refractivity contribution in [2.24, 2.45) is 0 Å². The van der Waals surface area contributed by atoms with Crippen molar-refractivity contribution < 1.29 is 4.79 Å². The molecule has 0 fully saturated rings. The molecule has 4 aromatic heterocycles. The van der Waals surface area contributed by atoms with E-state index in [1.165, 1.54) is 5.56 Å². The molecule has 0 aliphatic heterocycles. The maximum Gasteiger partial charge on any atom is 0.325 e. The Kier molecular flexibility index (Phi) is 4.02. The highest BCUT2D eigenvalue weighted by atomic mass is 16.2. The summed E-state index contributed by atoms with van der Waals surface area (Å²) in [5, 5.41) is 7.04. The number of hydrogen-bond acceptors (Lipinski definition) is 5. The molecule has 4 aromatic rings. The number of aryl methyl sites for hydroxylation is 2. The van der Waals surface area contributed by atoms with Crippen LogP contribution in [0.25, 0.3) is 11.2 Å². The molecule has 26 heavy (non-hydrogen) atoms. The number of rotatable bonds is 5. The summed E-state index contributed by atoms with van der Waals surface area (Å²) in [5.74, 6) is 0.0440. The smallest absolute Gasteiger partial charge is 0.304 e. The van der Waals surface area contributed by atoms with Gasteiger partial charge in [-0.2, -0.15) is 5.10 Å². The highest BCUT2D eigenvalue weighted by Gasteiger charge is 2.11. The summed E-state index contributed by atoms with van der Waals surface area (Å²) in [6.07, 6.45) is 6.13. The van der Waals surface area contributed by atoms with Gasteiger partial charge in [0.15, 0.2) is 11.5 Å². The van der Waals surface area contributed by atoms with Crippen LogP contribution in [0.2, 0.25) is 0 Å². The van der Waals surface area contributed by atoms with Crippen molar-refractivity contribution >= 4 is 22.9 Å². The minimum Gasteiger partial charge on any atom is -0.304 e. The molecule has 0 saturated heterocycles. The van der Waals surface area contributed by atoms with Gasteiger partial charge >= 0.3 is 5.69 Å². The van der Waals surface area contributed by atoms with Crippen molar-refractivity contribution in [1.29, 1.82) is 0 Å². The Morgan fingerprint density at radius 1 is 1.12 bits per heavy atom. The predicted molar refractivity (Wildman–Crippen MR) is 94.8 cm³/mol. The molecular weight excluding hydrogens is 334 g/mol. The predicted octanol–water partition coefficient (Wildman–Crippen LogP) is 1.34. The van der Waals surface area contributed by atoms with Gasteiger partial charge in [-0.3, -0.25) is 19.4 Å². The maximum atomic E-state index is 12.3. The molecule has 0 unspecified atom stereocenters. The van der Waals surface area contributed by atoms with Gasteiger partial charge in [0.2, 0.25) is 0 Å². The van der Waals surface area contributed by atoms with E-state index < -0.39 is 5.91 Å². The van der Waals surface area contributed by atoms with E-state index in [0.29, 0.717) is 23.5 Å². The number of aromatic nitrogens is 6. The number of amides is 1. The summed E-state index contributed by atoms with van der Waals surface area (Å²) in [7, 11) is 0. The molecule has 0 aliphatic rings. The lowest BCUT2D eigenvalue weighted by atomic mass is 10.2. The zero-order chi connectivity index (χ0) is 17.9. The lowest BCUT2D eigenvalue weighted by Crippen LogP contribution is -2.14. The van der Waals surface area contributed by atoms with Crippen LogP contribution in [0, 0.1) is 0 Å². The van der Waals surface area contributed by atoms with Crippen molar-refractivity contribution in [3.8, 4) is 0 Å². The van der Waals surface area contributed by atoms with Gasteiger partial charge in [0, 0.05) is 31.2 Å². The number of carbonyl (C=O) groups is 1. The van der Waals surface area contributed by atoms with E-state index in [1.54, 1.807) is 41.5 Å². The van der Waals surface area contributed by atoms with Crippen molar-refractivity contribution in [2.45, 2.75) is 13.0 Å². The van der Waals surface area contributed by atoms with Gasteiger partial charge in [-0.25, -0.2) is 9.78 Å². The van der Waals surface area contributed by atoms with Gasteiger partial charge in [-0.05, 0) is 36.2 Å². The molecule has 0 radical (unpaired) electrons. The molecule has 0 spiro atoms. The van der Waals surface area contributed by atoms with E-state index in [2.05, 4.69) is 30.4 Å². The first-order valence-electron chi connectivity index (χ1n) is 8.00. The molecule has 0 atom stereocenters. The number of H-pyrrole nitrogens is 2. The minimum atomic E-state index is -0.395. The first-order valence-corrected chi connectivity index (χ1v) is 8.00. The third-order valence-electron chi connectivity index (χ3n) is 3.87. The van der Waals surface area contributed by atoms with Crippen molar-refractivity contribution in [2.75, 3.05) is 5.32 Å². The van der Waals surface area contributed by atoms with Crippen LogP contribution in [-0.2, 0) is 13.0 Å². The number of aromatic amines is 2. The van der Waals surface area contributed by atoms with Crippen LogP contribution in [0.1, 0.15) is 16.1 Å². The van der Waals surface area contributed by atoms with E-state index in [4.69, 9.17) is 0 Å². The number of fused-ring (bicyclic) bond motifs is 1. The monoisotopic (exact) mass is 349 g/mol. The summed E-state index contributed by atoms with van der Waals surface area (Å²) >= 11 is 0. The van der Waals surface area contributed by atoms with Crippen LogP contribution in [-0.4, -0.2) is 35.6 Å². The molecule has 0 aliphatic carbocycles. The number of nitrogens with one attached hydrogen (secondary N) is 3. The quantitative estimate of drug-likeness (QED) is 0.502. The zero-order valence-electron chi connectivity index (χ0n) is 13.6. The number of hydrogen-bond donors (Lipinski definition) is 3. The third-order valence-corrected chi connectivity index (χ3v) is 3.87. The van der Waals surface area contributed by atoms with Crippen molar-refractivity contribution in [1.82, 2.24) is 29.7 Å². The molecule has 4 rings (SSSR count). The van der Waals surface area contributed by atoms with E-state index in [-0.39, 0.29) is 11.4 Å². The third kappa shape index (κ3) is 3.36. The second-order valence-corrected chi connectivity index (χ2v) is 5.70. The fourth-order valence-corrected chi connectivity index (χ4v) is 2.57. The summed E-state index contributed by atoms with van der Waals surface area (Å²) in [4.78, 5) is 36.8. The van der Waals surface area contributed by atoms with Crippen LogP contribution in [0.15, 0.2) is 53.7 Å². The second-order valence-electron chi connectivity index (χ2n) is 5.70. The average Bonchev–Trinajstić information content (AvgIpc) is 3.25. The molecule has 0 bridgehead atoms. The number of pyridine rings is 2. The second kappa shape index (κ2) is 6.63. The molecule has 9 nitrogen and oxygen atoms in total. The van der Waals surface area contributed by atoms with Crippen molar-refractivity contribution in [3.63, 3.8) is 0 Å². The van der Waals surface area contributed by atoms with Crippen LogP contribution in [0.3, 0.4) is 0 Å². The lowest BCUT2D eigenvalue weighted by molar-refractivity contribution is 0.102. The first-order chi connectivity index (χ1) is 12.7. The lowest BCUT2D eigenvalue weighted by Gasteiger charge is -2.03. The molecule has 130 valence electrons. The molecular formula is C17H15N7O2. The Balaban J connectivity index is 1.42. The Labute approximate surface area is 147 Å². The normalized spacial score (nSPS) is 10.9. The molecule has 3 N–H and O–H groups in total. The number of carbonyl (C=O) groups excluding carboxylic acids is 1. The molecule has 0 saturated carbocycles. The van der Waals surface area contributed by atoms with Crippen LogP contribution < -0.4 is 11.0 Å². The Hall–Kier alpha value is -3.75. The van der Waals surface area contributed by atoms with E-state index >= 15 is 0 Å². The van der Waals surface area contributed by atoms with E-state index in [1.807, 2.05) is 12.1 Å². The molecule has 9 heteroatoms. The standard InChI is InChI=1S/C17H15N7O2/c25-16(13-2-1-12-15(19-13)22-17(26)20-12)21-14-6-10-24(23-14)9-5-11-3-7-18-8-4-11/h1-4,6-8,10H,5,9H2,(H,21,23,25)(H2,19,20,22,26). The van der Waals surface area contributed by atoms with Gasteiger partial charge in [0.05, 0.1) is 5.52 Å². The highest BCUT2D eigenvalue weighted by Crippen LogP contribution is 2.09. The fourth-order valence-electron chi connectivity index (χ4n) is 2.57. The Morgan fingerprint density at radius 3 is 2.81 bits per heavy atom. The van der Waals surface area contributed by atoms with Gasteiger partial charge < -0.3 is 10.3 Å². The molecule has 4 heterocycles. The van der Waals surface area contributed by atoms with Gasteiger partial charge in [-0.15, -0.1) is 0 Å². The van der Waals surface area contributed by atoms with Crippen LogP contribution in [0.5, 0.6) is 0 Å². The van der Waals surface area contributed by atoms with Gasteiger partial charge in [0.1, 0.15) is 5.69 Å². The van der Waals surface area contributed by atoms with Crippen molar-refractivity contribution in [3.05, 3.63) is 70.7 Å². The van der Waals surface area contributed by atoms with E-state index in [9.17, 15) is 9.59 Å². The number of anilines is 1.